The fourth-order valence-electron chi connectivity index (χ4n) is 0. The predicted octanol–water partition coefficient (Wildman–Crippen LogP) is 3.75. The highest BCUT2D eigenvalue weighted by Gasteiger charge is 1.65. The molecule has 0 spiro atoms. The Morgan fingerprint density at radius 3 is 1.00 bits per heavy atom. The van der Waals surface area contributed by atoms with Crippen molar-refractivity contribution in [2.45, 2.75) is 69.2 Å². The Kier molecular flexibility index (Phi) is 126. The van der Waals surface area contributed by atoms with E-state index in [0.717, 1.165) is 13.2 Å². The topological polar surface area (TPSA) is 125 Å². The molecule has 0 aliphatic heterocycles. The van der Waals surface area contributed by atoms with E-state index in [1.54, 1.807) is 19.3 Å². The Hall–Kier alpha value is -2.36. The highest BCUT2D eigenvalue weighted by atomic mass is 16.4. The van der Waals surface area contributed by atoms with Crippen LogP contribution in [-0.2, 0) is 19.2 Å². The summed E-state index contributed by atoms with van der Waals surface area (Å²) in [4.78, 5) is 40.3. The first-order valence-electron chi connectivity index (χ1n) is 7.16. The summed E-state index contributed by atoms with van der Waals surface area (Å²) in [6, 6.07) is 1.75. The van der Waals surface area contributed by atoms with Gasteiger partial charge < -0.3 is 24.5 Å². The number of aliphatic imine (C=N–C) groups is 1. The maximum Gasteiger partial charge on any atom is 0.300 e. The molecule has 0 bridgehead atoms. The molecule has 0 unspecified atom stereocenters. The van der Waals surface area contributed by atoms with Crippen LogP contribution in [0.15, 0.2) is 4.99 Å². The van der Waals surface area contributed by atoms with Gasteiger partial charge in [0.1, 0.15) is 17.9 Å². The van der Waals surface area contributed by atoms with Crippen molar-refractivity contribution < 1.29 is 24.3 Å². The van der Waals surface area contributed by atoms with Gasteiger partial charge in [-0.3, -0.25) is 4.79 Å². The van der Waals surface area contributed by atoms with Gasteiger partial charge in [0.2, 0.25) is 0 Å². The Labute approximate surface area is 147 Å². The summed E-state index contributed by atoms with van der Waals surface area (Å²) < 4.78 is 0. The molecule has 144 valence electrons. The van der Waals surface area contributed by atoms with E-state index in [9.17, 15) is 9.59 Å². The molecule has 0 aliphatic rings. The van der Waals surface area contributed by atoms with Crippen LogP contribution >= 0.6 is 0 Å². The molecule has 1 N–H and O–H groups in total. The minimum absolute atomic E-state index is 0.167. The average Bonchev–Trinajstić information content (AvgIpc) is 2.40. The lowest BCUT2D eigenvalue weighted by molar-refractivity contribution is -0.134. The first kappa shape index (κ1) is 43.0. The third-order valence-corrected chi connectivity index (χ3v) is 0.258. The summed E-state index contributed by atoms with van der Waals surface area (Å²) in [5.74, 6) is -0.500. The van der Waals surface area contributed by atoms with Gasteiger partial charge in [-0.25, -0.2) is 0 Å². The summed E-state index contributed by atoms with van der Waals surface area (Å²) in [5.41, 5.74) is 0. The van der Waals surface area contributed by atoms with Gasteiger partial charge in [0.05, 0.1) is 6.07 Å². The minimum atomic E-state index is -0.833. The molecule has 0 radical (unpaired) electrons. The number of aldehydes is 1. The number of aliphatic carboxylic acids is 1. The first-order chi connectivity index (χ1) is 10.9. The molecule has 0 saturated carbocycles. The number of hydrogen-bond donors (Lipinski definition) is 1. The van der Waals surface area contributed by atoms with Crippen molar-refractivity contribution in [3.8, 4) is 6.07 Å². The first-order valence-corrected chi connectivity index (χ1v) is 7.16. The van der Waals surface area contributed by atoms with Gasteiger partial charge in [-0.15, -0.1) is 0 Å². The van der Waals surface area contributed by atoms with Crippen LogP contribution in [0.4, 0.5) is 0 Å². The largest absolute Gasteiger partial charge is 0.481 e. The molecule has 0 aromatic rings. The third kappa shape index (κ3) is 3690. The molecule has 0 atom stereocenters. The molecule has 0 aromatic heterocycles. The van der Waals surface area contributed by atoms with Gasteiger partial charge in [0.15, 0.2) is 0 Å². The standard InChI is InChI=1S/C3H7N.2C3H6O.C2H3N.C2H4O2.C2H4O.C2H6/c1-3-4-2;2*1-3(2)4;1-2-3;1-2(3)4;1-2-3;1-2/h3H,1-2H3;2*1-2H3;1H3;1H3,(H,3,4);2H,1H3;1-2H3. The van der Waals surface area contributed by atoms with Crippen molar-refractivity contribution >= 4 is 30.0 Å². The molecule has 0 saturated heterocycles. The molecule has 0 amide bonds. The quantitative estimate of drug-likeness (QED) is 0.525. The maximum absolute atomic E-state index is 9.44. The van der Waals surface area contributed by atoms with E-state index in [1.807, 2.05) is 20.8 Å². The van der Waals surface area contributed by atoms with Gasteiger partial charge in [-0.2, -0.15) is 5.26 Å². The molecule has 7 heteroatoms. The van der Waals surface area contributed by atoms with E-state index in [-0.39, 0.29) is 11.6 Å². The fraction of sp³-hybridized carbons (Fsp3) is 0.647. The summed E-state index contributed by atoms with van der Waals surface area (Å²) in [6.07, 6.45) is 2.50. The van der Waals surface area contributed by atoms with Crippen LogP contribution < -0.4 is 0 Å². The fourth-order valence-corrected chi connectivity index (χ4v) is 0. The zero-order valence-corrected chi connectivity index (χ0v) is 17.1. The van der Waals surface area contributed by atoms with Crippen molar-refractivity contribution in [1.29, 1.82) is 5.26 Å². The van der Waals surface area contributed by atoms with Crippen LogP contribution in [0.1, 0.15) is 69.2 Å². The Morgan fingerprint density at radius 2 is 1.00 bits per heavy atom. The van der Waals surface area contributed by atoms with E-state index >= 15 is 0 Å². The number of rotatable bonds is 0. The lowest BCUT2D eigenvalue weighted by atomic mass is 10.6. The van der Waals surface area contributed by atoms with Gasteiger partial charge in [0, 0.05) is 20.9 Å². The van der Waals surface area contributed by atoms with E-state index in [4.69, 9.17) is 20.0 Å². The molecule has 24 heavy (non-hydrogen) atoms. The average molecular weight is 348 g/mol. The van der Waals surface area contributed by atoms with Crippen LogP contribution in [0.2, 0.25) is 0 Å². The number of Topliss-reactive ketones (excluding diaryl/α,β-unsaturated/α-hetero) is 2. The van der Waals surface area contributed by atoms with Crippen molar-refractivity contribution in [2.24, 2.45) is 4.99 Å². The molecule has 0 rings (SSSR count). The maximum atomic E-state index is 9.44. The number of nitriles is 1. The van der Waals surface area contributed by atoms with Crippen LogP contribution in [-0.4, -0.2) is 42.2 Å². The lowest BCUT2D eigenvalue weighted by Gasteiger charge is -1.59. The number of carboxylic acid groups (broad SMARTS) is 1. The molecular formula is C17H36N2O5. The van der Waals surface area contributed by atoms with E-state index in [2.05, 4.69) is 4.99 Å². The van der Waals surface area contributed by atoms with Gasteiger partial charge >= 0.3 is 0 Å². The van der Waals surface area contributed by atoms with Gasteiger partial charge in [-0.1, -0.05) is 13.8 Å². The Balaban J connectivity index is -0.0000000284. The van der Waals surface area contributed by atoms with Crippen LogP contribution in [0, 0.1) is 11.3 Å². The minimum Gasteiger partial charge on any atom is -0.481 e. The number of carbonyl (C=O) groups excluding carboxylic acids is 3. The Bertz CT molecular complexity index is 275. The molecule has 0 heterocycles. The second kappa shape index (κ2) is 70.3. The summed E-state index contributed by atoms with van der Waals surface area (Å²) in [6.45, 7) is 16.0. The highest BCUT2D eigenvalue weighted by molar-refractivity contribution is 5.72. The normalized spacial score (nSPS) is 5.92. The van der Waals surface area contributed by atoms with Gasteiger partial charge in [-0.05, 0) is 47.8 Å². The number of ketones is 2. The number of nitrogens with zero attached hydrogens (tertiary/aromatic N) is 2. The van der Waals surface area contributed by atoms with Crippen LogP contribution in [0.25, 0.3) is 0 Å². The van der Waals surface area contributed by atoms with Crippen molar-refractivity contribution in [1.82, 2.24) is 0 Å². The molecule has 0 aliphatic carbocycles. The molecule has 0 aromatic carbocycles. The monoisotopic (exact) mass is 348 g/mol. The van der Waals surface area contributed by atoms with Crippen molar-refractivity contribution in [2.75, 3.05) is 7.05 Å². The number of carbonyl (C=O) groups is 4. The molecule has 0 fully saturated rings. The van der Waals surface area contributed by atoms with Crippen molar-refractivity contribution in [3.05, 3.63) is 0 Å². The zero-order chi connectivity index (χ0) is 21.6. The second-order valence-corrected chi connectivity index (χ2v) is 3.31. The Morgan fingerprint density at radius 1 is 0.958 bits per heavy atom. The molecular weight excluding hydrogens is 312 g/mol. The molecule has 7 nitrogen and oxygen atoms in total. The van der Waals surface area contributed by atoms with Crippen LogP contribution in [0.3, 0.4) is 0 Å². The SMILES string of the molecule is CC.CC#N.CC(=O)O.CC(C)=O.CC(C)=O.CC=NC.CC=O. The summed E-state index contributed by atoms with van der Waals surface area (Å²) in [5, 5.41) is 14.7. The number of carboxylic acids is 1. The summed E-state index contributed by atoms with van der Waals surface area (Å²) >= 11 is 0. The van der Waals surface area contributed by atoms with E-state index in [0.29, 0.717) is 0 Å². The highest BCUT2D eigenvalue weighted by Crippen LogP contribution is 1.51. The lowest BCUT2D eigenvalue weighted by Crippen LogP contribution is -1.78. The van der Waals surface area contributed by atoms with E-state index < -0.39 is 5.97 Å². The van der Waals surface area contributed by atoms with Crippen molar-refractivity contribution in [3.63, 3.8) is 0 Å². The van der Waals surface area contributed by atoms with Gasteiger partial charge in [0.25, 0.3) is 5.97 Å². The summed E-state index contributed by atoms with van der Waals surface area (Å²) in [7, 11) is 1.75. The number of hydrogen-bond acceptors (Lipinski definition) is 6. The predicted molar refractivity (Wildman–Crippen MR) is 100 cm³/mol. The second-order valence-electron chi connectivity index (χ2n) is 3.31. The van der Waals surface area contributed by atoms with Crippen LogP contribution in [0.5, 0.6) is 0 Å². The zero-order valence-electron chi connectivity index (χ0n) is 17.1. The third-order valence-electron chi connectivity index (χ3n) is 0.258. The van der Waals surface area contributed by atoms with E-state index in [1.165, 1.54) is 41.5 Å². The smallest absolute Gasteiger partial charge is 0.300 e.